The molecule has 0 aliphatic heterocycles. The molecule has 12 heterocycles. The van der Waals surface area contributed by atoms with Crippen LogP contribution in [0.4, 0.5) is 37.0 Å². The highest BCUT2D eigenvalue weighted by molar-refractivity contribution is 9.10. The van der Waals surface area contributed by atoms with Crippen LogP contribution >= 0.6 is 15.9 Å². The van der Waals surface area contributed by atoms with Crippen molar-refractivity contribution < 1.29 is 35.9 Å². The lowest BCUT2D eigenvalue weighted by atomic mass is 10.0. The third-order valence-electron chi connectivity index (χ3n) is 14.2. The van der Waals surface area contributed by atoms with Crippen LogP contribution in [0.1, 0.15) is 109 Å². The van der Waals surface area contributed by atoms with E-state index < -0.39 is 11.9 Å². The maximum Gasteiger partial charge on any atom is 0.227 e. The molecule has 6 N–H and O–H groups in total. The Kier molecular flexibility index (Phi) is 19.9. The first kappa shape index (κ1) is 68.8. The smallest absolute Gasteiger partial charge is 0.227 e. The molecule has 1 unspecified atom stereocenters. The summed E-state index contributed by atoms with van der Waals surface area (Å²) in [6, 6.07) is 33.7. The summed E-state index contributed by atoms with van der Waals surface area (Å²) in [5.41, 5.74) is 10.6. The van der Waals surface area contributed by atoms with Crippen LogP contribution in [0.2, 0.25) is 0 Å². The van der Waals surface area contributed by atoms with Gasteiger partial charge in [-0.25, -0.2) is 13.2 Å². The number of hydrogen-bond acceptors (Lipinski definition) is 21. The van der Waals surface area contributed by atoms with Gasteiger partial charge in [0.05, 0.1) is 59.9 Å². The molecule has 0 radical (unpaired) electrons. The number of nitrogens with one attached hydrogen (secondary N) is 3. The standard InChI is InChI=1S/C20H20FN5O2.C20H20FN5O.C16H12FN5O.C13H14BrN5O.CH4/c1-20(2,3)25-19-23-17-13(16(27)12-7-4-5-8-14(12)21)11-22-26(17)18(24-19)15-9-6-10-28-15;1-20(2,3)25-19-23-17-14(11-13-7-4-5-8-15(13)21)12-22-26(17)18(24-19)16-9-6-10-27-16;17-12-5-2-1-4-10(12)8-11-9-19-22-14(11)20-16(18)21-15(22)13-6-3-7-23-13;1-13(2,3)18-12-16-10-8(14)7-15-19(10)11(17-12)9-5-4-6-20-9;/h4-11,16,27H,1-3H3,(H,23,25);4-10,12H,11H2,1-3H3,(H,23,25);1-7,9H,8H2,(H2,18,20);4-7H,1-3H3,(H,16,18);1H4. The Hall–Kier alpha value is -11.6. The van der Waals surface area contributed by atoms with Gasteiger partial charge in [-0.2, -0.15) is 78.3 Å². The minimum Gasteiger partial charge on any atom is -0.461 e. The molecule has 15 aromatic rings. The number of nitrogen functional groups attached to an aromatic ring is 1. The van der Waals surface area contributed by atoms with E-state index in [4.69, 9.17) is 23.4 Å². The van der Waals surface area contributed by atoms with Crippen molar-refractivity contribution in [3.63, 3.8) is 0 Å². The number of nitrogens with zero attached hydrogens (tertiary/aromatic N) is 16. The molecule has 0 amide bonds. The molecule has 29 heteroatoms. The highest BCUT2D eigenvalue weighted by atomic mass is 79.9. The maximum absolute atomic E-state index is 14.2. The highest BCUT2D eigenvalue weighted by Gasteiger charge is 2.26. The lowest BCUT2D eigenvalue weighted by Crippen LogP contribution is -2.27. The fraction of sp³-hybridized carbons (Fsp3) is 0.229. The number of furan rings is 4. The summed E-state index contributed by atoms with van der Waals surface area (Å²) in [7, 11) is 0. The molecule has 0 saturated carbocycles. The number of aliphatic hydroxyl groups is 1. The number of aliphatic hydroxyl groups excluding tert-OH is 1. The van der Waals surface area contributed by atoms with Gasteiger partial charge < -0.3 is 44.5 Å². The normalized spacial score (nSPS) is 11.9. The third-order valence-corrected chi connectivity index (χ3v) is 14.8. The molecule has 0 fully saturated rings. The summed E-state index contributed by atoms with van der Waals surface area (Å²) >= 11 is 3.45. The Labute approximate surface area is 573 Å². The molecule has 12 aromatic heterocycles. The zero-order valence-corrected chi connectivity index (χ0v) is 56.1. The van der Waals surface area contributed by atoms with Gasteiger partial charge in [-0.15, -0.1) is 0 Å². The van der Waals surface area contributed by atoms with Crippen molar-refractivity contribution in [2.24, 2.45) is 0 Å². The minimum absolute atomic E-state index is 0. The quantitative estimate of drug-likeness (QED) is 0.0716. The van der Waals surface area contributed by atoms with Crippen LogP contribution in [0.25, 0.3) is 68.9 Å². The van der Waals surface area contributed by atoms with E-state index in [2.05, 4.69) is 113 Å². The first-order chi connectivity index (χ1) is 46.9. The first-order valence-electron chi connectivity index (χ1n) is 30.7. The van der Waals surface area contributed by atoms with Gasteiger partial charge in [0.15, 0.2) is 45.6 Å². The number of anilines is 4. The van der Waals surface area contributed by atoms with Crippen molar-refractivity contribution in [3.8, 4) is 46.3 Å². The predicted molar refractivity (Wildman–Crippen MR) is 372 cm³/mol. The zero-order chi connectivity index (χ0) is 69.0. The summed E-state index contributed by atoms with van der Waals surface area (Å²) < 4.78 is 71.1. The molecule has 99 heavy (non-hydrogen) atoms. The van der Waals surface area contributed by atoms with Crippen molar-refractivity contribution in [1.29, 1.82) is 0 Å². The molecule has 3 aromatic carbocycles. The second kappa shape index (κ2) is 28.6. The maximum atomic E-state index is 14.2. The van der Waals surface area contributed by atoms with Gasteiger partial charge in [-0.3, -0.25) is 0 Å². The molecular weight excluding hydrogens is 1340 g/mol. The topological polar surface area (TPSA) is 307 Å². The van der Waals surface area contributed by atoms with Crippen LogP contribution in [0.3, 0.4) is 0 Å². The van der Waals surface area contributed by atoms with Crippen molar-refractivity contribution in [1.82, 2.24) is 78.3 Å². The number of fused-ring (bicyclic) bond motifs is 4. The van der Waals surface area contributed by atoms with Gasteiger partial charge in [0.2, 0.25) is 47.1 Å². The van der Waals surface area contributed by atoms with E-state index in [1.165, 1.54) is 35.0 Å². The Morgan fingerprint density at radius 2 is 0.768 bits per heavy atom. The number of hydrogen-bond donors (Lipinski definition) is 5. The molecule has 508 valence electrons. The molecule has 0 bridgehead atoms. The van der Waals surface area contributed by atoms with Crippen molar-refractivity contribution >= 4 is 62.3 Å². The number of aromatic nitrogens is 16. The van der Waals surface area contributed by atoms with Gasteiger partial charge in [0.25, 0.3) is 0 Å². The fourth-order valence-corrected chi connectivity index (χ4v) is 10.4. The second-order valence-electron chi connectivity index (χ2n) is 25.4. The first-order valence-corrected chi connectivity index (χ1v) is 31.5. The molecule has 0 spiro atoms. The van der Waals surface area contributed by atoms with Crippen molar-refractivity contribution in [2.45, 2.75) is 105 Å². The van der Waals surface area contributed by atoms with Gasteiger partial charge in [-0.1, -0.05) is 62.0 Å². The lowest BCUT2D eigenvalue weighted by Gasteiger charge is -2.21. The van der Waals surface area contributed by atoms with Crippen LogP contribution in [-0.2, 0) is 12.8 Å². The van der Waals surface area contributed by atoms with E-state index in [1.807, 2.05) is 65.8 Å². The van der Waals surface area contributed by atoms with Gasteiger partial charge in [-0.05, 0) is 156 Å². The lowest BCUT2D eigenvalue weighted by molar-refractivity contribution is 0.216. The SMILES string of the molecule is C.CC(C)(C)Nc1nc(-c2ccco2)n2ncc(Br)c2n1.CC(C)(C)Nc1nc(-c2ccco2)n2ncc(C(O)c3ccccc3F)c2n1.CC(C)(C)Nc1nc(-c2ccco2)n2ncc(Cc3ccccc3F)c2n1.Nc1nc(-c2ccco2)n2ncc(Cc3ccccc3F)c2n1. The summed E-state index contributed by atoms with van der Waals surface area (Å²) in [6.45, 7) is 18.2. The third kappa shape index (κ3) is 16.0. The molecule has 25 nitrogen and oxygen atoms in total. The van der Waals surface area contributed by atoms with E-state index in [9.17, 15) is 18.3 Å². The molecule has 15 rings (SSSR count). The van der Waals surface area contributed by atoms with E-state index in [-0.39, 0.29) is 47.2 Å². The van der Waals surface area contributed by atoms with Crippen LogP contribution in [0, 0.1) is 17.5 Å². The zero-order valence-electron chi connectivity index (χ0n) is 54.5. The summed E-state index contributed by atoms with van der Waals surface area (Å²) in [6.07, 6.45) is 12.3. The highest BCUT2D eigenvalue weighted by Crippen LogP contribution is 2.32. The Bertz CT molecular complexity index is 5210. The predicted octanol–water partition coefficient (Wildman–Crippen LogP) is 14.8. The van der Waals surface area contributed by atoms with Crippen LogP contribution in [0.5, 0.6) is 0 Å². The molecule has 0 aliphatic carbocycles. The van der Waals surface area contributed by atoms with Gasteiger partial charge in [0, 0.05) is 46.1 Å². The number of rotatable bonds is 13. The molecule has 1 atom stereocenters. The van der Waals surface area contributed by atoms with Crippen LogP contribution in [-0.4, -0.2) is 100 Å². The van der Waals surface area contributed by atoms with Crippen molar-refractivity contribution in [3.05, 3.63) is 226 Å². The molecule has 0 aliphatic rings. The number of benzene rings is 3. The van der Waals surface area contributed by atoms with Crippen LogP contribution in [0.15, 0.2) is 193 Å². The Morgan fingerprint density at radius 1 is 0.414 bits per heavy atom. The summed E-state index contributed by atoms with van der Waals surface area (Å²) in [5.74, 6) is 4.75. The van der Waals surface area contributed by atoms with E-state index in [1.54, 1.807) is 130 Å². The van der Waals surface area contributed by atoms with E-state index in [0.29, 0.717) is 116 Å². The summed E-state index contributed by atoms with van der Waals surface area (Å²) in [4.78, 5) is 35.7. The Balaban J connectivity index is 0.000000134. The number of nitrogens with two attached hydrogens (primary N) is 1. The molecule has 0 saturated heterocycles. The average molecular weight is 1410 g/mol. The second-order valence-corrected chi connectivity index (χ2v) is 26.2. The largest absolute Gasteiger partial charge is 0.461 e. The number of halogens is 4. The van der Waals surface area contributed by atoms with Gasteiger partial charge in [0.1, 0.15) is 23.6 Å². The minimum atomic E-state index is -1.22. The Morgan fingerprint density at radius 3 is 1.18 bits per heavy atom. The molecular formula is C70H70BrF3N20O5. The van der Waals surface area contributed by atoms with E-state index >= 15 is 0 Å². The fourth-order valence-electron chi connectivity index (χ4n) is 10.0. The van der Waals surface area contributed by atoms with Gasteiger partial charge >= 0.3 is 0 Å². The van der Waals surface area contributed by atoms with E-state index in [0.717, 1.165) is 15.6 Å². The summed E-state index contributed by atoms with van der Waals surface area (Å²) in [5, 5.41) is 37.9. The van der Waals surface area contributed by atoms with Crippen LogP contribution < -0.4 is 21.7 Å². The monoisotopic (exact) mass is 1410 g/mol. The average Bonchev–Trinajstić information content (AvgIpc) is 1.68. The van der Waals surface area contributed by atoms with Crippen molar-refractivity contribution in [2.75, 3.05) is 21.7 Å².